The molecule has 0 aliphatic carbocycles. The standard InChI is InChI=1S/C25H20N4O3/c30-24-22(19-12-6-2-7-13-19)28(16-18-10-4-1-5-11-18)25(31)29(24)17-21-26-23(27-32-21)20-14-8-3-9-15-20/h1-15,22H,16-17H2. The third-order valence-corrected chi connectivity index (χ3v) is 5.39. The predicted octanol–water partition coefficient (Wildman–Crippen LogP) is 4.44. The molecular formula is C25H20N4O3. The van der Waals surface area contributed by atoms with Gasteiger partial charge in [-0.3, -0.25) is 9.69 Å². The first-order valence-corrected chi connectivity index (χ1v) is 10.3. The van der Waals surface area contributed by atoms with Crippen LogP contribution in [0.25, 0.3) is 11.4 Å². The van der Waals surface area contributed by atoms with Crippen molar-refractivity contribution < 1.29 is 14.1 Å². The number of carbonyl (C=O) groups is 2. The van der Waals surface area contributed by atoms with Gasteiger partial charge in [0.25, 0.3) is 5.91 Å². The smallest absolute Gasteiger partial charge is 0.328 e. The fourth-order valence-corrected chi connectivity index (χ4v) is 3.84. The topological polar surface area (TPSA) is 79.5 Å². The van der Waals surface area contributed by atoms with Gasteiger partial charge in [0.05, 0.1) is 0 Å². The molecule has 1 aliphatic heterocycles. The van der Waals surface area contributed by atoms with Gasteiger partial charge in [0.2, 0.25) is 11.7 Å². The van der Waals surface area contributed by atoms with Gasteiger partial charge in [0, 0.05) is 12.1 Å². The van der Waals surface area contributed by atoms with Crippen LogP contribution in [0, 0.1) is 0 Å². The molecule has 3 aromatic carbocycles. The lowest BCUT2D eigenvalue weighted by Gasteiger charge is -2.22. The Morgan fingerprint density at radius 1 is 0.781 bits per heavy atom. The van der Waals surface area contributed by atoms with E-state index in [0.717, 1.165) is 16.7 Å². The minimum atomic E-state index is -0.708. The molecule has 0 bridgehead atoms. The molecule has 7 heteroatoms. The first-order valence-electron chi connectivity index (χ1n) is 10.3. The van der Waals surface area contributed by atoms with Gasteiger partial charge in [-0.2, -0.15) is 4.98 Å². The molecular weight excluding hydrogens is 404 g/mol. The molecule has 0 saturated carbocycles. The Balaban J connectivity index is 1.43. The maximum Gasteiger partial charge on any atom is 0.328 e. The van der Waals surface area contributed by atoms with Crippen LogP contribution in [0.5, 0.6) is 0 Å². The van der Waals surface area contributed by atoms with E-state index >= 15 is 0 Å². The molecule has 5 rings (SSSR count). The molecule has 0 N–H and O–H groups in total. The Hall–Kier alpha value is -4.26. The third-order valence-electron chi connectivity index (χ3n) is 5.39. The SMILES string of the molecule is O=C1C(c2ccccc2)N(Cc2ccccc2)C(=O)N1Cc1nc(-c2ccccc2)no1. The van der Waals surface area contributed by atoms with E-state index in [-0.39, 0.29) is 24.4 Å². The Morgan fingerprint density at radius 3 is 2.09 bits per heavy atom. The Bertz CT molecular complexity index is 1230. The molecule has 1 aliphatic rings. The number of benzene rings is 3. The maximum atomic E-state index is 13.4. The summed E-state index contributed by atoms with van der Waals surface area (Å²) in [5.74, 6) is 0.316. The molecule has 1 unspecified atom stereocenters. The molecule has 1 atom stereocenters. The molecule has 1 aromatic heterocycles. The summed E-state index contributed by atoms with van der Waals surface area (Å²) in [6, 6.07) is 27.2. The van der Waals surface area contributed by atoms with Crippen LogP contribution < -0.4 is 0 Å². The number of hydrogen-bond acceptors (Lipinski definition) is 5. The van der Waals surface area contributed by atoms with Crippen LogP contribution in [0.1, 0.15) is 23.1 Å². The van der Waals surface area contributed by atoms with Gasteiger partial charge in [-0.1, -0.05) is 96.2 Å². The first-order chi connectivity index (χ1) is 15.7. The van der Waals surface area contributed by atoms with Crippen molar-refractivity contribution in [3.05, 3.63) is 108 Å². The van der Waals surface area contributed by atoms with Gasteiger partial charge >= 0.3 is 6.03 Å². The van der Waals surface area contributed by atoms with E-state index < -0.39 is 6.04 Å². The van der Waals surface area contributed by atoms with Crippen LogP contribution in [0.2, 0.25) is 0 Å². The largest absolute Gasteiger partial charge is 0.337 e. The number of rotatable bonds is 6. The fourth-order valence-electron chi connectivity index (χ4n) is 3.84. The molecule has 3 amide bonds. The van der Waals surface area contributed by atoms with Crippen molar-refractivity contribution in [2.45, 2.75) is 19.1 Å². The predicted molar refractivity (Wildman–Crippen MR) is 117 cm³/mol. The molecule has 2 heterocycles. The lowest BCUT2D eigenvalue weighted by molar-refractivity contribution is -0.129. The highest BCUT2D eigenvalue weighted by molar-refractivity contribution is 6.04. The molecule has 1 fully saturated rings. The maximum absolute atomic E-state index is 13.4. The Kier molecular flexibility index (Phi) is 5.21. The number of carbonyl (C=O) groups excluding carboxylic acids is 2. The van der Waals surface area contributed by atoms with Crippen molar-refractivity contribution in [2.75, 3.05) is 0 Å². The van der Waals surface area contributed by atoms with Crippen molar-refractivity contribution in [1.29, 1.82) is 0 Å². The number of imide groups is 1. The second-order valence-corrected chi connectivity index (χ2v) is 7.51. The zero-order valence-electron chi connectivity index (χ0n) is 17.2. The molecule has 0 radical (unpaired) electrons. The lowest BCUT2D eigenvalue weighted by atomic mass is 10.1. The number of amides is 3. The van der Waals surface area contributed by atoms with Crippen LogP contribution in [0.3, 0.4) is 0 Å². The normalized spacial score (nSPS) is 16.1. The molecule has 0 spiro atoms. The fraction of sp³-hybridized carbons (Fsp3) is 0.120. The monoisotopic (exact) mass is 424 g/mol. The molecule has 4 aromatic rings. The lowest BCUT2D eigenvalue weighted by Crippen LogP contribution is -2.32. The van der Waals surface area contributed by atoms with Gasteiger partial charge < -0.3 is 9.42 Å². The van der Waals surface area contributed by atoms with Crippen molar-refractivity contribution >= 4 is 11.9 Å². The van der Waals surface area contributed by atoms with E-state index in [0.29, 0.717) is 12.4 Å². The van der Waals surface area contributed by atoms with Gasteiger partial charge in [-0.25, -0.2) is 4.79 Å². The van der Waals surface area contributed by atoms with Crippen molar-refractivity contribution in [2.24, 2.45) is 0 Å². The number of hydrogen-bond donors (Lipinski definition) is 0. The van der Waals surface area contributed by atoms with E-state index in [1.165, 1.54) is 4.90 Å². The van der Waals surface area contributed by atoms with Crippen molar-refractivity contribution in [3.8, 4) is 11.4 Å². The van der Waals surface area contributed by atoms with Crippen molar-refractivity contribution in [1.82, 2.24) is 19.9 Å². The van der Waals surface area contributed by atoms with Crippen LogP contribution in [0.15, 0.2) is 95.5 Å². The van der Waals surface area contributed by atoms with Crippen LogP contribution in [-0.2, 0) is 17.9 Å². The third kappa shape index (κ3) is 3.76. The van der Waals surface area contributed by atoms with Crippen LogP contribution in [-0.4, -0.2) is 31.9 Å². The van der Waals surface area contributed by atoms with E-state index in [1.54, 1.807) is 4.90 Å². The van der Waals surface area contributed by atoms with Crippen LogP contribution in [0.4, 0.5) is 4.79 Å². The summed E-state index contributed by atoms with van der Waals surface area (Å²) in [5.41, 5.74) is 2.51. The van der Waals surface area contributed by atoms with Gasteiger partial charge in [-0.05, 0) is 11.1 Å². The Morgan fingerprint density at radius 2 is 1.41 bits per heavy atom. The van der Waals surface area contributed by atoms with Gasteiger partial charge in [-0.15, -0.1) is 0 Å². The minimum absolute atomic E-state index is 0.0773. The zero-order chi connectivity index (χ0) is 21.9. The highest BCUT2D eigenvalue weighted by Gasteiger charge is 2.46. The molecule has 32 heavy (non-hydrogen) atoms. The summed E-state index contributed by atoms with van der Waals surface area (Å²) in [6.45, 7) is 0.243. The van der Waals surface area contributed by atoms with Crippen LogP contribution >= 0.6 is 0 Å². The average molecular weight is 424 g/mol. The Labute approximate surface area is 184 Å². The summed E-state index contributed by atoms with van der Waals surface area (Å²) in [4.78, 5) is 33.8. The van der Waals surface area contributed by atoms with Crippen molar-refractivity contribution in [3.63, 3.8) is 0 Å². The molecule has 158 valence electrons. The minimum Gasteiger partial charge on any atom is -0.337 e. The molecule has 7 nitrogen and oxygen atoms in total. The average Bonchev–Trinajstić information content (AvgIpc) is 3.40. The van der Waals surface area contributed by atoms with E-state index in [1.807, 2.05) is 91.0 Å². The highest BCUT2D eigenvalue weighted by Crippen LogP contribution is 2.33. The molecule has 1 saturated heterocycles. The highest BCUT2D eigenvalue weighted by atomic mass is 16.5. The summed E-state index contributed by atoms with van der Waals surface area (Å²) >= 11 is 0. The summed E-state index contributed by atoms with van der Waals surface area (Å²) < 4.78 is 5.35. The first kappa shape index (κ1) is 19.7. The zero-order valence-corrected chi connectivity index (χ0v) is 17.2. The second kappa shape index (κ2) is 8.47. The second-order valence-electron chi connectivity index (χ2n) is 7.51. The number of nitrogens with zero attached hydrogens (tertiary/aromatic N) is 4. The number of aromatic nitrogens is 2. The van der Waals surface area contributed by atoms with Gasteiger partial charge in [0.15, 0.2) is 0 Å². The summed E-state index contributed by atoms with van der Waals surface area (Å²) in [7, 11) is 0. The number of urea groups is 1. The van der Waals surface area contributed by atoms with Gasteiger partial charge in [0.1, 0.15) is 12.6 Å². The van der Waals surface area contributed by atoms with E-state index in [9.17, 15) is 9.59 Å². The summed E-state index contributed by atoms with van der Waals surface area (Å²) in [5, 5.41) is 3.99. The van der Waals surface area contributed by atoms with E-state index in [2.05, 4.69) is 10.1 Å². The summed E-state index contributed by atoms with van der Waals surface area (Å²) in [6.07, 6.45) is 0. The quantitative estimate of drug-likeness (QED) is 0.428. The van der Waals surface area contributed by atoms with E-state index in [4.69, 9.17) is 4.52 Å².